The number of anilines is 2. The van der Waals surface area contributed by atoms with Crippen molar-refractivity contribution >= 4 is 35.0 Å². The molecule has 4 rings (SSSR count). The van der Waals surface area contributed by atoms with Gasteiger partial charge in [-0.1, -0.05) is 37.8 Å². The maximum absolute atomic E-state index is 12.9. The van der Waals surface area contributed by atoms with Gasteiger partial charge in [-0.05, 0) is 54.3 Å². The van der Waals surface area contributed by atoms with Crippen molar-refractivity contribution in [1.82, 2.24) is 0 Å². The number of rotatable bonds is 6. The highest BCUT2D eigenvalue weighted by Crippen LogP contribution is 2.43. The van der Waals surface area contributed by atoms with Gasteiger partial charge in [-0.25, -0.2) is 0 Å². The van der Waals surface area contributed by atoms with E-state index >= 15 is 0 Å². The monoisotopic (exact) mass is 462 g/mol. The molecule has 1 heterocycles. The molecule has 0 unspecified atom stereocenters. The van der Waals surface area contributed by atoms with Crippen LogP contribution >= 0.6 is 11.8 Å². The largest absolute Gasteiger partial charge is 0.416 e. The van der Waals surface area contributed by atoms with Crippen LogP contribution < -0.4 is 10.2 Å². The molecule has 1 aliphatic carbocycles. The molecule has 8 heteroatoms. The summed E-state index contributed by atoms with van der Waals surface area (Å²) in [4.78, 5) is 26.4. The van der Waals surface area contributed by atoms with E-state index in [1.165, 1.54) is 54.5 Å². The van der Waals surface area contributed by atoms with Gasteiger partial charge in [-0.15, -0.1) is 11.8 Å². The van der Waals surface area contributed by atoms with Gasteiger partial charge in [0.1, 0.15) is 5.37 Å². The molecule has 2 amide bonds. The quantitative estimate of drug-likeness (QED) is 0.541. The first-order chi connectivity index (χ1) is 15.3. The minimum Gasteiger partial charge on any atom is -0.326 e. The van der Waals surface area contributed by atoms with Crippen molar-refractivity contribution in [3.63, 3.8) is 0 Å². The van der Waals surface area contributed by atoms with Crippen LogP contribution in [0.25, 0.3) is 0 Å². The highest BCUT2D eigenvalue weighted by molar-refractivity contribution is 8.00. The van der Waals surface area contributed by atoms with Crippen LogP contribution in [-0.2, 0) is 15.8 Å². The maximum atomic E-state index is 12.9. The fraction of sp³-hybridized carbons (Fsp3) is 0.417. The van der Waals surface area contributed by atoms with Gasteiger partial charge < -0.3 is 5.32 Å². The lowest BCUT2D eigenvalue weighted by Crippen LogP contribution is -2.28. The predicted octanol–water partition coefficient (Wildman–Crippen LogP) is 6.39. The Bertz CT molecular complexity index is 972. The van der Waals surface area contributed by atoms with Gasteiger partial charge in [0.25, 0.3) is 0 Å². The van der Waals surface area contributed by atoms with Crippen LogP contribution in [-0.4, -0.2) is 17.6 Å². The second-order valence-electron chi connectivity index (χ2n) is 8.33. The third-order valence-electron chi connectivity index (χ3n) is 6.05. The molecular weight excluding hydrogens is 437 g/mol. The summed E-state index contributed by atoms with van der Waals surface area (Å²) in [5.41, 5.74) is 1.14. The molecule has 0 radical (unpaired) electrons. The van der Waals surface area contributed by atoms with Gasteiger partial charge in [0.05, 0.1) is 11.3 Å². The lowest BCUT2D eigenvalue weighted by Gasteiger charge is -2.25. The Balaban J connectivity index is 1.46. The number of halogens is 3. The summed E-state index contributed by atoms with van der Waals surface area (Å²) < 4.78 is 38.7. The average molecular weight is 463 g/mol. The van der Waals surface area contributed by atoms with E-state index in [1.807, 2.05) is 18.2 Å². The van der Waals surface area contributed by atoms with Crippen molar-refractivity contribution in [1.29, 1.82) is 0 Å². The summed E-state index contributed by atoms with van der Waals surface area (Å²) >= 11 is 1.41. The molecular formula is C24H25F3N2O2S. The number of thioether (sulfide) groups is 1. The zero-order valence-corrected chi connectivity index (χ0v) is 18.3. The molecule has 1 atom stereocenters. The molecule has 2 aromatic carbocycles. The van der Waals surface area contributed by atoms with Crippen molar-refractivity contribution < 1.29 is 22.8 Å². The normalized spacial score (nSPS) is 19.5. The maximum Gasteiger partial charge on any atom is 0.416 e. The Kier molecular flexibility index (Phi) is 6.79. The van der Waals surface area contributed by atoms with E-state index in [2.05, 4.69) is 5.32 Å². The fourth-order valence-electron chi connectivity index (χ4n) is 4.39. The van der Waals surface area contributed by atoms with Gasteiger partial charge in [-0.3, -0.25) is 14.5 Å². The van der Waals surface area contributed by atoms with Crippen molar-refractivity contribution in [3.05, 3.63) is 59.7 Å². The molecule has 1 N–H and O–H groups in total. The Morgan fingerprint density at radius 2 is 1.81 bits per heavy atom. The summed E-state index contributed by atoms with van der Waals surface area (Å²) in [6.07, 6.45) is 1.88. The second-order valence-corrected chi connectivity index (χ2v) is 9.40. The molecule has 1 saturated carbocycles. The van der Waals surface area contributed by atoms with Crippen LogP contribution in [0, 0.1) is 5.92 Å². The van der Waals surface area contributed by atoms with E-state index in [0.29, 0.717) is 23.7 Å². The minimum absolute atomic E-state index is 0.0243. The van der Waals surface area contributed by atoms with Gasteiger partial charge in [0, 0.05) is 17.8 Å². The lowest BCUT2D eigenvalue weighted by molar-refractivity contribution is -0.137. The average Bonchev–Trinajstić information content (AvgIpc) is 3.41. The summed E-state index contributed by atoms with van der Waals surface area (Å²) in [5, 5.41) is 2.58. The number of nitrogens with one attached hydrogen (secondary N) is 1. The van der Waals surface area contributed by atoms with Gasteiger partial charge in [0.2, 0.25) is 11.8 Å². The number of amides is 2. The SMILES string of the molecule is O=C(CCC1CCCC1)Nc1cccc([C@@H]2SCC(=O)N2c2ccc(C(F)(F)F)cc2)c1. The number of alkyl halides is 3. The lowest BCUT2D eigenvalue weighted by atomic mass is 10.0. The highest BCUT2D eigenvalue weighted by atomic mass is 32.2. The first kappa shape index (κ1) is 22.7. The second kappa shape index (κ2) is 9.57. The van der Waals surface area contributed by atoms with E-state index in [9.17, 15) is 22.8 Å². The van der Waals surface area contributed by atoms with Gasteiger partial charge in [0.15, 0.2) is 0 Å². The van der Waals surface area contributed by atoms with Crippen LogP contribution in [0.5, 0.6) is 0 Å². The first-order valence-electron chi connectivity index (χ1n) is 10.8. The van der Waals surface area contributed by atoms with Crippen LogP contribution in [0.1, 0.15) is 55.0 Å². The van der Waals surface area contributed by atoms with E-state index in [1.54, 1.807) is 6.07 Å². The van der Waals surface area contributed by atoms with Crippen LogP contribution in [0.15, 0.2) is 48.5 Å². The zero-order chi connectivity index (χ0) is 22.7. The first-order valence-corrected chi connectivity index (χ1v) is 11.9. The molecule has 170 valence electrons. The van der Waals surface area contributed by atoms with E-state index in [0.717, 1.165) is 24.1 Å². The molecule has 2 aliphatic rings. The van der Waals surface area contributed by atoms with E-state index in [4.69, 9.17) is 0 Å². The number of benzene rings is 2. The van der Waals surface area contributed by atoms with Gasteiger partial charge >= 0.3 is 6.18 Å². The zero-order valence-electron chi connectivity index (χ0n) is 17.5. The smallest absolute Gasteiger partial charge is 0.326 e. The van der Waals surface area contributed by atoms with Crippen LogP contribution in [0.4, 0.5) is 24.5 Å². The minimum atomic E-state index is -4.42. The van der Waals surface area contributed by atoms with Crippen molar-refractivity contribution in [2.75, 3.05) is 16.0 Å². The molecule has 2 aromatic rings. The third kappa shape index (κ3) is 5.28. The van der Waals surface area contributed by atoms with Crippen LogP contribution in [0.2, 0.25) is 0 Å². The summed E-state index contributed by atoms with van der Waals surface area (Å²) in [7, 11) is 0. The molecule has 0 bridgehead atoms. The number of carbonyl (C=O) groups is 2. The molecule has 0 aromatic heterocycles. The highest BCUT2D eigenvalue weighted by Gasteiger charge is 2.35. The van der Waals surface area contributed by atoms with Crippen LogP contribution in [0.3, 0.4) is 0 Å². The number of hydrogen-bond acceptors (Lipinski definition) is 3. The van der Waals surface area contributed by atoms with Gasteiger partial charge in [-0.2, -0.15) is 13.2 Å². The molecule has 1 saturated heterocycles. The van der Waals surface area contributed by atoms with E-state index in [-0.39, 0.29) is 22.9 Å². The number of carbonyl (C=O) groups excluding carboxylic acids is 2. The number of hydrogen-bond donors (Lipinski definition) is 1. The topological polar surface area (TPSA) is 49.4 Å². The molecule has 4 nitrogen and oxygen atoms in total. The Morgan fingerprint density at radius 3 is 2.50 bits per heavy atom. The van der Waals surface area contributed by atoms with Crippen molar-refractivity contribution in [2.24, 2.45) is 5.92 Å². The summed E-state index contributed by atoms with van der Waals surface area (Å²) in [5.74, 6) is 0.698. The fourth-order valence-corrected chi connectivity index (χ4v) is 5.56. The molecule has 2 fully saturated rings. The third-order valence-corrected chi connectivity index (χ3v) is 7.26. The Morgan fingerprint density at radius 1 is 1.09 bits per heavy atom. The van der Waals surface area contributed by atoms with Crippen molar-refractivity contribution in [3.8, 4) is 0 Å². The predicted molar refractivity (Wildman–Crippen MR) is 120 cm³/mol. The molecule has 0 spiro atoms. The molecule has 32 heavy (non-hydrogen) atoms. The summed E-state index contributed by atoms with van der Waals surface area (Å²) in [6, 6.07) is 12.0. The summed E-state index contributed by atoms with van der Waals surface area (Å²) in [6.45, 7) is 0. The number of nitrogens with zero attached hydrogens (tertiary/aromatic N) is 1. The standard InChI is InChI=1S/C24H25F3N2O2S/c25-24(26,27)18-9-11-20(12-10-18)29-22(31)15-32-23(29)17-6-3-7-19(14-17)28-21(30)13-8-16-4-1-2-5-16/h3,6-7,9-12,14,16,23H,1-2,4-5,8,13,15H2,(H,28,30)/t23-/m0/s1. The van der Waals surface area contributed by atoms with E-state index < -0.39 is 11.7 Å². The Hall–Kier alpha value is -2.48. The van der Waals surface area contributed by atoms with Crippen molar-refractivity contribution in [2.45, 2.75) is 50.1 Å². The molecule has 1 aliphatic heterocycles. The Labute approximate surface area is 189 Å².